The lowest BCUT2D eigenvalue weighted by Gasteiger charge is -2.11. The predicted octanol–water partition coefficient (Wildman–Crippen LogP) is 3.93. The molecule has 114 valence electrons. The van der Waals surface area contributed by atoms with E-state index < -0.39 is 6.04 Å². The van der Waals surface area contributed by atoms with E-state index in [0.29, 0.717) is 18.1 Å². The quantitative estimate of drug-likeness (QED) is 0.598. The van der Waals surface area contributed by atoms with Crippen molar-refractivity contribution in [3.05, 3.63) is 70.7 Å². The third kappa shape index (κ3) is 5.01. The number of ether oxygens (including phenoxy) is 1. The molecule has 2 rings (SSSR count). The summed E-state index contributed by atoms with van der Waals surface area (Å²) in [5.74, 6) is -0.309. The van der Waals surface area contributed by atoms with Crippen LogP contribution in [0.25, 0.3) is 0 Å². The van der Waals surface area contributed by atoms with Crippen LogP contribution in [0.15, 0.2) is 59.6 Å². The molecule has 0 aromatic heterocycles. The lowest BCUT2D eigenvalue weighted by atomic mass is 10.1. The Balaban J connectivity index is 2.13. The standard InChI is InChI=1S/C18H18ClNO2/c1-2-22-18(21)17(12-14-6-4-3-5-7-14)20-13-15-8-10-16(19)11-9-15/h3-11,13,17H,2,12H2,1H3/t17-/m1/s1. The van der Waals surface area contributed by atoms with Crippen LogP contribution in [0.4, 0.5) is 0 Å². The summed E-state index contributed by atoms with van der Waals surface area (Å²) in [5, 5.41) is 0.670. The second-order valence-corrected chi connectivity index (χ2v) is 5.22. The predicted molar refractivity (Wildman–Crippen MR) is 89.6 cm³/mol. The van der Waals surface area contributed by atoms with E-state index in [4.69, 9.17) is 16.3 Å². The number of hydrogen-bond donors (Lipinski definition) is 0. The van der Waals surface area contributed by atoms with E-state index in [1.165, 1.54) is 0 Å². The molecule has 0 N–H and O–H groups in total. The highest BCUT2D eigenvalue weighted by molar-refractivity contribution is 6.30. The van der Waals surface area contributed by atoms with Crippen molar-refractivity contribution in [2.75, 3.05) is 6.61 Å². The van der Waals surface area contributed by atoms with Gasteiger partial charge in [0, 0.05) is 17.7 Å². The summed E-state index contributed by atoms with van der Waals surface area (Å²) in [4.78, 5) is 16.5. The zero-order valence-electron chi connectivity index (χ0n) is 12.4. The number of esters is 1. The average molecular weight is 316 g/mol. The van der Waals surface area contributed by atoms with E-state index in [9.17, 15) is 4.79 Å². The molecule has 4 heteroatoms. The number of benzene rings is 2. The lowest BCUT2D eigenvalue weighted by molar-refractivity contribution is -0.144. The van der Waals surface area contributed by atoms with Crippen molar-refractivity contribution < 1.29 is 9.53 Å². The van der Waals surface area contributed by atoms with E-state index in [-0.39, 0.29) is 5.97 Å². The molecular formula is C18H18ClNO2. The van der Waals surface area contributed by atoms with Gasteiger partial charge >= 0.3 is 5.97 Å². The first-order valence-electron chi connectivity index (χ1n) is 7.18. The van der Waals surface area contributed by atoms with Crippen LogP contribution in [0, 0.1) is 0 Å². The van der Waals surface area contributed by atoms with Gasteiger partial charge in [-0.3, -0.25) is 4.99 Å². The molecule has 0 bridgehead atoms. The molecule has 0 aliphatic heterocycles. The first-order chi connectivity index (χ1) is 10.7. The molecule has 0 amide bonds. The Hall–Kier alpha value is -2.13. The van der Waals surface area contributed by atoms with Crippen molar-refractivity contribution in [1.29, 1.82) is 0 Å². The van der Waals surface area contributed by atoms with Crippen LogP contribution in [0.5, 0.6) is 0 Å². The van der Waals surface area contributed by atoms with E-state index in [1.54, 1.807) is 25.3 Å². The fourth-order valence-electron chi connectivity index (χ4n) is 2.00. The van der Waals surface area contributed by atoms with E-state index in [0.717, 1.165) is 11.1 Å². The van der Waals surface area contributed by atoms with Crippen LogP contribution in [-0.2, 0) is 16.0 Å². The summed E-state index contributed by atoms with van der Waals surface area (Å²) in [7, 11) is 0. The van der Waals surface area contributed by atoms with Crippen LogP contribution in [0.3, 0.4) is 0 Å². The van der Waals surface area contributed by atoms with Gasteiger partial charge in [0.1, 0.15) is 0 Å². The van der Waals surface area contributed by atoms with Gasteiger partial charge in [-0.15, -0.1) is 0 Å². The van der Waals surface area contributed by atoms with Gasteiger partial charge in [-0.1, -0.05) is 54.1 Å². The molecular weight excluding hydrogens is 298 g/mol. The van der Waals surface area contributed by atoms with E-state index in [2.05, 4.69) is 4.99 Å². The van der Waals surface area contributed by atoms with Gasteiger partial charge in [-0.2, -0.15) is 0 Å². The van der Waals surface area contributed by atoms with Gasteiger partial charge in [-0.05, 0) is 30.2 Å². The minimum atomic E-state index is -0.543. The smallest absolute Gasteiger partial charge is 0.331 e. The van der Waals surface area contributed by atoms with Crippen LogP contribution in [0.1, 0.15) is 18.1 Å². The zero-order chi connectivity index (χ0) is 15.8. The molecule has 2 aromatic carbocycles. The Morgan fingerprint density at radius 2 is 1.86 bits per heavy atom. The number of rotatable bonds is 6. The molecule has 3 nitrogen and oxygen atoms in total. The minimum Gasteiger partial charge on any atom is -0.464 e. The largest absolute Gasteiger partial charge is 0.464 e. The Labute approximate surface area is 135 Å². The van der Waals surface area contributed by atoms with Gasteiger partial charge in [0.25, 0.3) is 0 Å². The van der Waals surface area contributed by atoms with Crippen LogP contribution >= 0.6 is 11.6 Å². The molecule has 0 heterocycles. The maximum absolute atomic E-state index is 12.1. The van der Waals surface area contributed by atoms with E-state index >= 15 is 0 Å². The number of carbonyl (C=O) groups is 1. The molecule has 0 fully saturated rings. The Morgan fingerprint density at radius 3 is 2.50 bits per heavy atom. The Morgan fingerprint density at radius 1 is 1.18 bits per heavy atom. The Bertz CT molecular complexity index is 623. The first-order valence-corrected chi connectivity index (χ1v) is 7.56. The van der Waals surface area contributed by atoms with Gasteiger partial charge in [0.2, 0.25) is 0 Å². The monoisotopic (exact) mass is 315 g/mol. The van der Waals surface area contributed by atoms with Crippen molar-refractivity contribution >= 4 is 23.8 Å². The molecule has 2 aromatic rings. The molecule has 1 atom stereocenters. The van der Waals surface area contributed by atoms with Crippen molar-refractivity contribution in [3.63, 3.8) is 0 Å². The van der Waals surface area contributed by atoms with Crippen molar-refractivity contribution in [1.82, 2.24) is 0 Å². The number of nitrogens with zero attached hydrogens (tertiary/aromatic N) is 1. The summed E-state index contributed by atoms with van der Waals surface area (Å²) >= 11 is 5.85. The summed E-state index contributed by atoms with van der Waals surface area (Å²) in [6.45, 7) is 2.14. The normalized spacial score (nSPS) is 12.3. The molecule has 0 unspecified atom stereocenters. The highest BCUT2D eigenvalue weighted by Gasteiger charge is 2.18. The second kappa shape index (κ2) is 8.35. The molecule has 0 saturated carbocycles. The first kappa shape index (κ1) is 16.2. The number of carbonyl (C=O) groups excluding carboxylic acids is 1. The fourth-order valence-corrected chi connectivity index (χ4v) is 2.12. The second-order valence-electron chi connectivity index (χ2n) is 4.79. The molecule has 0 saturated heterocycles. The summed E-state index contributed by atoms with van der Waals surface area (Å²) < 4.78 is 5.11. The molecule has 0 aliphatic rings. The fraction of sp³-hybridized carbons (Fsp3) is 0.222. The topological polar surface area (TPSA) is 38.7 Å². The minimum absolute atomic E-state index is 0.309. The van der Waals surface area contributed by atoms with Gasteiger partial charge in [0.15, 0.2) is 6.04 Å². The lowest BCUT2D eigenvalue weighted by Crippen LogP contribution is -2.24. The van der Waals surface area contributed by atoms with Crippen molar-refractivity contribution in [2.24, 2.45) is 4.99 Å². The summed E-state index contributed by atoms with van der Waals surface area (Å²) in [6, 6.07) is 16.5. The van der Waals surface area contributed by atoms with Gasteiger partial charge in [0.05, 0.1) is 6.61 Å². The average Bonchev–Trinajstić information content (AvgIpc) is 2.54. The van der Waals surface area contributed by atoms with Crippen LogP contribution < -0.4 is 0 Å². The number of halogens is 1. The zero-order valence-corrected chi connectivity index (χ0v) is 13.2. The third-order valence-electron chi connectivity index (χ3n) is 3.10. The highest BCUT2D eigenvalue weighted by Crippen LogP contribution is 2.10. The van der Waals surface area contributed by atoms with Crippen molar-refractivity contribution in [2.45, 2.75) is 19.4 Å². The Kier molecular flexibility index (Phi) is 6.16. The summed E-state index contributed by atoms with van der Waals surface area (Å²) in [6.07, 6.45) is 2.20. The highest BCUT2D eigenvalue weighted by atomic mass is 35.5. The molecule has 0 radical (unpaired) electrons. The maximum atomic E-state index is 12.1. The van der Waals surface area contributed by atoms with Gasteiger partial charge < -0.3 is 4.74 Å². The molecule has 0 spiro atoms. The van der Waals surface area contributed by atoms with Crippen molar-refractivity contribution in [3.8, 4) is 0 Å². The SMILES string of the molecule is CCOC(=O)[C@@H](Cc1ccccc1)N=Cc1ccc(Cl)cc1. The summed E-state index contributed by atoms with van der Waals surface area (Å²) in [5.41, 5.74) is 1.94. The third-order valence-corrected chi connectivity index (χ3v) is 3.36. The maximum Gasteiger partial charge on any atom is 0.331 e. The number of hydrogen-bond acceptors (Lipinski definition) is 3. The van der Waals surface area contributed by atoms with E-state index in [1.807, 2.05) is 42.5 Å². The number of aliphatic imine (C=N–C) groups is 1. The molecule has 22 heavy (non-hydrogen) atoms. The van der Waals surface area contributed by atoms with Gasteiger partial charge in [-0.25, -0.2) is 4.79 Å². The van der Waals surface area contributed by atoms with Crippen LogP contribution in [0.2, 0.25) is 5.02 Å². The van der Waals surface area contributed by atoms with Crippen LogP contribution in [-0.4, -0.2) is 24.8 Å². The molecule has 0 aliphatic carbocycles.